The van der Waals surface area contributed by atoms with Gasteiger partial charge in [-0.1, -0.05) is 37.3 Å². The fraction of sp³-hybridized carbons (Fsp3) is 0.562. The largest absolute Gasteiger partial charge is 0.376 e. The summed E-state index contributed by atoms with van der Waals surface area (Å²) in [6.07, 6.45) is 1.45. The Morgan fingerprint density at radius 2 is 2.10 bits per heavy atom. The minimum absolute atomic E-state index is 0. The number of hydrogen-bond acceptors (Lipinski definition) is 3. The Bertz CT molecular complexity index is 441. The molecular formula is C16H25ClN2O2. The molecule has 1 unspecified atom stereocenters. The van der Waals surface area contributed by atoms with Crippen LogP contribution in [-0.2, 0) is 16.1 Å². The summed E-state index contributed by atoms with van der Waals surface area (Å²) in [7, 11) is 0. The molecule has 1 atom stereocenters. The minimum atomic E-state index is 0. The molecule has 0 bridgehead atoms. The normalized spacial score (nSPS) is 21.1. The van der Waals surface area contributed by atoms with E-state index in [2.05, 4.69) is 6.92 Å². The predicted molar refractivity (Wildman–Crippen MR) is 86.3 cm³/mol. The summed E-state index contributed by atoms with van der Waals surface area (Å²) < 4.78 is 5.56. The number of carbonyl (C=O) groups excluding carboxylic acids is 1. The first-order valence-electron chi connectivity index (χ1n) is 7.22. The van der Waals surface area contributed by atoms with Gasteiger partial charge in [-0.2, -0.15) is 0 Å². The average Bonchev–Trinajstić information content (AvgIpc) is 2.88. The SMILES string of the molecule is CC1(CN)CCN(C(=O)CCOCc2ccccc2)C1.Cl. The van der Waals surface area contributed by atoms with Gasteiger partial charge in [-0.25, -0.2) is 0 Å². The number of hydrogen-bond donors (Lipinski definition) is 1. The molecule has 2 rings (SSSR count). The fourth-order valence-corrected chi connectivity index (χ4v) is 2.49. The molecule has 1 aromatic rings. The molecule has 1 amide bonds. The van der Waals surface area contributed by atoms with Crippen LogP contribution in [0.3, 0.4) is 0 Å². The van der Waals surface area contributed by atoms with Crippen LogP contribution in [0.25, 0.3) is 0 Å². The third-order valence-corrected chi connectivity index (χ3v) is 3.98. The maximum Gasteiger partial charge on any atom is 0.224 e. The average molecular weight is 313 g/mol. The van der Waals surface area contributed by atoms with Crippen LogP contribution in [0.1, 0.15) is 25.3 Å². The second kappa shape index (κ2) is 8.37. The summed E-state index contributed by atoms with van der Waals surface area (Å²) in [5.74, 6) is 0.176. The molecule has 5 heteroatoms. The molecule has 0 aromatic heterocycles. The van der Waals surface area contributed by atoms with Crippen molar-refractivity contribution >= 4 is 18.3 Å². The van der Waals surface area contributed by atoms with E-state index in [1.807, 2.05) is 35.2 Å². The molecule has 0 aliphatic carbocycles. The standard InChI is InChI=1S/C16H24N2O2.ClH/c1-16(12-17)8-9-18(13-16)15(19)7-10-20-11-14-5-3-2-4-6-14;/h2-6H,7-13,17H2,1H3;1H. The molecule has 2 N–H and O–H groups in total. The predicted octanol–water partition coefficient (Wildman–Crippen LogP) is 2.21. The van der Waals surface area contributed by atoms with Crippen LogP contribution in [-0.4, -0.2) is 37.0 Å². The smallest absolute Gasteiger partial charge is 0.224 e. The highest BCUT2D eigenvalue weighted by molar-refractivity contribution is 5.85. The zero-order chi connectivity index (χ0) is 14.4. The van der Waals surface area contributed by atoms with E-state index in [9.17, 15) is 4.79 Å². The molecule has 1 aliphatic heterocycles. The lowest BCUT2D eigenvalue weighted by Gasteiger charge is -2.22. The Morgan fingerprint density at radius 3 is 2.71 bits per heavy atom. The molecule has 1 fully saturated rings. The van der Waals surface area contributed by atoms with Gasteiger partial charge in [0.1, 0.15) is 0 Å². The molecule has 1 saturated heterocycles. The monoisotopic (exact) mass is 312 g/mol. The van der Waals surface area contributed by atoms with Crippen LogP contribution >= 0.6 is 12.4 Å². The van der Waals surface area contributed by atoms with Gasteiger partial charge in [-0.3, -0.25) is 4.79 Å². The van der Waals surface area contributed by atoms with Crippen LogP contribution in [0.4, 0.5) is 0 Å². The van der Waals surface area contributed by atoms with E-state index < -0.39 is 0 Å². The molecule has 4 nitrogen and oxygen atoms in total. The maximum absolute atomic E-state index is 12.1. The van der Waals surface area contributed by atoms with E-state index in [0.29, 0.717) is 26.2 Å². The molecule has 21 heavy (non-hydrogen) atoms. The summed E-state index contributed by atoms with van der Waals surface area (Å²) in [5, 5.41) is 0. The van der Waals surface area contributed by atoms with Crippen molar-refractivity contribution in [2.75, 3.05) is 26.2 Å². The van der Waals surface area contributed by atoms with Crippen LogP contribution in [0.15, 0.2) is 30.3 Å². The maximum atomic E-state index is 12.1. The number of benzene rings is 1. The molecule has 0 spiro atoms. The highest BCUT2D eigenvalue weighted by Crippen LogP contribution is 2.28. The van der Waals surface area contributed by atoms with Gasteiger partial charge in [0.05, 0.1) is 19.6 Å². The number of amides is 1. The van der Waals surface area contributed by atoms with Gasteiger partial charge < -0.3 is 15.4 Å². The number of halogens is 1. The number of ether oxygens (including phenoxy) is 1. The Morgan fingerprint density at radius 1 is 1.38 bits per heavy atom. The number of nitrogens with two attached hydrogens (primary N) is 1. The van der Waals surface area contributed by atoms with Crippen molar-refractivity contribution in [1.82, 2.24) is 4.90 Å². The molecule has 1 heterocycles. The first-order chi connectivity index (χ1) is 9.63. The second-order valence-corrected chi connectivity index (χ2v) is 5.87. The van der Waals surface area contributed by atoms with Crippen molar-refractivity contribution in [3.05, 3.63) is 35.9 Å². The summed E-state index contributed by atoms with van der Waals surface area (Å²) in [5.41, 5.74) is 6.99. The molecule has 0 saturated carbocycles. The van der Waals surface area contributed by atoms with Gasteiger partial charge in [0.25, 0.3) is 0 Å². The third kappa shape index (κ3) is 5.30. The Balaban J connectivity index is 0.00000220. The van der Waals surface area contributed by atoms with Gasteiger partial charge in [0.15, 0.2) is 0 Å². The van der Waals surface area contributed by atoms with Gasteiger partial charge in [-0.05, 0) is 23.9 Å². The van der Waals surface area contributed by atoms with Crippen molar-refractivity contribution in [3.63, 3.8) is 0 Å². The zero-order valence-electron chi connectivity index (χ0n) is 12.6. The minimum Gasteiger partial charge on any atom is -0.376 e. The van der Waals surface area contributed by atoms with Crippen LogP contribution in [0.2, 0.25) is 0 Å². The van der Waals surface area contributed by atoms with Gasteiger partial charge in [0.2, 0.25) is 5.91 Å². The van der Waals surface area contributed by atoms with Gasteiger partial charge in [0, 0.05) is 13.1 Å². The highest BCUT2D eigenvalue weighted by Gasteiger charge is 2.34. The van der Waals surface area contributed by atoms with Gasteiger partial charge >= 0.3 is 0 Å². The lowest BCUT2D eigenvalue weighted by Crippen LogP contribution is -2.34. The molecule has 0 radical (unpaired) electrons. The summed E-state index contributed by atoms with van der Waals surface area (Å²) >= 11 is 0. The van der Waals surface area contributed by atoms with Crippen LogP contribution in [0, 0.1) is 5.41 Å². The summed E-state index contributed by atoms with van der Waals surface area (Å²) in [4.78, 5) is 14.0. The van der Waals surface area contributed by atoms with E-state index >= 15 is 0 Å². The lowest BCUT2D eigenvalue weighted by molar-refractivity contribution is -0.131. The quantitative estimate of drug-likeness (QED) is 0.819. The second-order valence-electron chi connectivity index (χ2n) is 5.87. The first kappa shape index (κ1) is 18.0. The number of rotatable bonds is 6. The topological polar surface area (TPSA) is 55.6 Å². The van der Waals surface area contributed by atoms with Crippen LogP contribution < -0.4 is 5.73 Å². The van der Waals surface area contributed by atoms with Crippen molar-refractivity contribution in [2.45, 2.75) is 26.4 Å². The lowest BCUT2D eigenvalue weighted by atomic mass is 9.90. The van der Waals surface area contributed by atoms with E-state index in [-0.39, 0.29) is 23.7 Å². The number of nitrogens with zero attached hydrogens (tertiary/aromatic N) is 1. The summed E-state index contributed by atoms with van der Waals surface area (Å²) in [6.45, 7) is 5.43. The van der Waals surface area contributed by atoms with Crippen molar-refractivity contribution in [1.29, 1.82) is 0 Å². The van der Waals surface area contributed by atoms with Gasteiger partial charge in [-0.15, -0.1) is 12.4 Å². The molecule has 118 valence electrons. The van der Waals surface area contributed by atoms with E-state index in [4.69, 9.17) is 10.5 Å². The Labute approximate surface area is 133 Å². The Hall–Kier alpha value is -1.10. The van der Waals surface area contributed by atoms with Crippen molar-refractivity contribution in [3.8, 4) is 0 Å². The van der Waals surface area contributed by atoms with Crippen LogP contribution in [0.5, 0.6) is 0 Å². The van der Waals surface area contributed by atoms with Crippen molar-refractivity contribution in [2.24, 2.45) is 11.1 Å². The molecule has 1 aliphatic rings. The summed E-state index contributed by atoms with van der Waals surface area (Å²) in [6, 6.07) is 10.0. The Kier molecular flexibility index (Phi) is 7.15. The third-order valence-electron chi connectivity index (χ3n) is 3.98. The highest BCUT2D eigenvalue weighted by atomic mass is 35.5. The number of carbonyl (C=O) groups is 1. The van der Waals surface area contributed by atoms with E-state index in [1.165, 1.54) is 0 Å². The number of likely N-dealkylation sites (tertiary alicyclic amines) is 1. The van der Waals surface area contributed by atoms with E-state index in [1.54, 1.807) is 0 Å². The van der Waals surface area contributed by atoms with Crippen molar-refractivity contribution < 1.29 is 9.53 Å². The molecule has 1 aromatic carbocycles. The fourth-order valence-electron chi connectivity index (χ4n) is 2.49. The molecular weight excluding hydrogens is 288 g/mol. The zero-order valence-corrected chi connectivity index (χ0v) is 13.4. The first-order valence-corrected chi connectivity index (χ1v) is 7.22. The van der Waals surface area contributed by atoms with E-state index in [0.717, 1.165) is 25.1 Å².